The van der Waals surface area contributed by atoms with E-state index in [0.29, 0.717) is 11.0 Å². The highest BCUT2D eigenvalue weighted by atomic mass is 32.1. The fraction of sp³-hybridized carbons (Fsp3) is 0.273. The third kappa shape index (κ3) is 3.16. The molecule has 0 unspecified atom stereocenters. The van der Waals surface area contributed by atoms with Crippen molar-refractivity contribution in [2.75, 3.05) is 12.4 Å². The normalized spacial score (nSPS) is 10.2. The molecule has 0 aromatic carbocycles. The Morgan fingerprint density at radius 1 is 1.42 bits per heavy atom. The lowest BCUT2D eigenvalue weighted by Gasteiger charge is -2.00. The summed E-state index contributed by atoms with van der Waals surface area (Å²) in [5.74, 6) is -0.109. The lowest BCUT2D eigenvalue weighted by atomic mass is 10.4. The van der Waals surface area contributed by atoms with Gasteiger partial charge in [-0.15, -0.1) is 11.3 Å². The fourth-order valence-electron chi connectivity index (χ4n) is 1.43. The van der Waals surface area contributed by atoms with Crippen LogP contribution in [0.3, 0.4) is 0 Å². The Morgan fingerprint density at radius 3 is 2.84 bits per heavy atom. The van der Waals surface area contributed by atoms with Crippen molar-refractivity contribution in [2.45, 2.75) is 6.42 Å². The van der Waals surface area contributed by atoms with E-state index in [9.17, 15) is 9.59 Å². The van der Waals surface area contributed by atoms with Gasteiger partial charge in [-0.25, -0.2) is 9.97 Å². The van der Waals surface area contributed by atoms with Crippen molar-refractivity contribution >= 4 is 28.3 Å². The Kier molecular flexibility index (Phi) is 3.91. The van der Waals surface area contributed by atoms with Crippen LogP contribution in [-0.4, -0.2) is 33.4 Å². The molecule has 0 aliphatic heterocycles. The SMILES string of the molecule is CNC(=O)Cc1cnc(NC(=O)c2nccn2C)s1. The number of aryl methyl sites for hydroxylation is 1. The van der Waals surface area contributed by atoms with Crippen LogP contribution >= 0.6 is 11.3 Å². The van der Waals surface area contributed by atoms with E-state index in [1.165, 1.54) is 11.3 Å². The summed E-state index contributed by atoms with van der Waals surface area (Å²) < 4.78 is 1.62. The van der Waals surface area contributed by atoms with Crippen LogP contribution in [0.15, 0.2) is 18.6 Å². The number of carbonyl (C=O) groups is 2. The Hall–Kier alpha value is -2.22. The van der Waals surface area contributed by atoms with Gasteiger partial charge in [-0.1, -0.05) is 0 Å². The molecule has 2 aromatic rings. The predicted octanol–water partition coefficient (Wildman–Crippen LogP) is 0.417. The summed E-state index contributed by atoms with van der Waals surface area (Å²) in [5, 5.41) is 5.63. The second-order valence-corrected chi connectivity index (χ2v) is 4.91. The molecule has 0 fully saturated rings. The molecule has 0 atom stereocenters. The Bertz CT molecular complexity index is 604. The van der Waals surface area contributed by atoms with Gasteiger partial charge in [0.2, 0.25) is 5.91 Å². The summed E-state index contributed by atoms with van der Waals surface area (Å²) in [6.45, 7) is 0. The molecule has 0 spiro atoms. The lowest BCUT2D eigenvalue weighted by molar-refractivity contribution is -0.119. The van der Waals surface area contributed by atoms with E-state index < -0.39 is 0 Å². The molecule has 19 heavy (non-hydrogen) atoms. The van der Waals surface area contributed by atoms with Crippen molar-refractivity contribution in [3.8, 4) is 0 Å². The zero-order valence-corrected chi connectivity index (χ0v) is 11.3. The lowest BCUT2D eigenvalue weighted by Crippen LogP contribution is -2.19. The van der Waals surface area contributed by atoms with Crippen molar-refractivity contribution in [3.63, 3.8) is 0 Å². The average molecular weight is 279 g/mol. The Morgan fingerprint density at radius 2 is 2.21 bits per heavy atom. The first kappa shape index (κ1) is 13.2. The number of nitrogens with zero attached hydrogens (tertiary/aromatic N) is 3. The third-order valence-corrected chi connectivity index (χ3v) is 3.32. The minimum atomic E-state index is -0.326. The maximum atomic E-state index is 11.9. The van der Waals surface area contributed by atoms with E-state index in [0.717, 1.165) is 4.88 Å². The molecule has 7 nitrogen and oxygen atoms in total. The molecule has 0 bridgehead atoms. The largest absolute Gasteiger partial charge is 0.359 e. The molecular weight excluding hydrogens is 266 g/mol. The number of thiazole rings is 1. The molecule has 2 rings (SSSR count). The number of carbonyl (C=O) groups excluding carboxylic acids is 2. The Balaban J connectivity index is 2.02. The van der Waals surface area contributed by atoms with Crippen LogP contribution in [-0.2, 0) is 18.3 Å². The molecule has 2 N–H and O–H groups in total. The second kappa shape index (κ2) is 5.61. The topological polar surface area (TPSA) is 88.9 Å². The predicted molar refractivity (Wildman–Crippen MR) is 71.0 cm³/mol. The third-order valence-electron chi connectivity index (χ3n) is 2.41. The van der Waals surface area contributed by atoms with Gasteiger partial charge in [-0.05, 0) is 0 Å². The van der Waals surface area contributed by atoms with E-state index >= 15 is 0 Å². The average Bonchev–Trinajstić information content (AvgIpc) is 2.98. The van der Waals surface area contributed by atoms with Crippen molar-refractivity contribution in [1.29, 1.82) is 0 Å². The summed E-state index contributed by atoms with van der Waals surface area (Å²) >= 11 is 1.27. The number of rotatable bonds is 4. The monoisotopic (exact) mass is 279 g/mol. The number of hydrogen-bond acceptors (Lipinski definition) is 5. The number of hydrogen-bond donors (Lipinski definition) is 2. The number of likely N-dealkylation sites (N-methyl/N-ethyl adjacent to an activating group) is 1. The molecule has 8 heteroatoms. The molecule has 2 aromatic heterocycles. The van der Waals surface area contributed by atoms with Crippen molar-refractivity contribution < 1.29 is 9.59 Å². The van der Waals surface area contributed by atoms with Crippen molar-refractivity contribution in [1.82, 2.24) is 19.9 Å². The summed E-state index contributed by atoms with van der Waals surface area (Å²) in [7, 11) is 3.31. The van der Waals surface area contributed by atoms with E-state index in [4.69, 9.17) is 0 Å². The van der Waals surface area contributed by atoms with E-state index in [1.807, 2.05) is 0 Å². The minimum absolute atomic E-state index is 0.0920. The number of amides is 2. The first-order valence-corrected chi connectivity index (χ1v) is 6.35. The molecule has 2 heterocycles. The zero-order chi connectivity index (χ0) is 13.8. The van der Waals surface area contributed by atoms with Crippen LogP contribution < -0.4 is 10.6 Å². The van der Waals surface area contributed by atoms with Crippen LogP contribution in [0.5, 0.6) is 0 Å². The molecule has 100 valence electrons. The number of nitrogens with one attached hydrogen (secondary N) is 2. The molecule has 0 saturated heterocycles. The first-order valence-electron chi connectivity index (χ1n) is 5.54. The summed E-state index contributed by atoms with van der Waals surface area (Å²) in [5.41, 5.74) is 0. The number of imidazole rings is 1. The standard InChI is InChI=1S/C11H13N5O2S/c1-12-8(17)5-7-6-14-11(19-7)15-10(18)9-13-3-4-16(9)2/h3-4,6H,5H2,1-2H3,(H,12,17)(H,14,15,18). The van der Waals surface area contributed by atoms with E-state index in [-0.39, 0.29) is 18.2 Å². The molecular formula is C11H13N5O2S. The van der Waals surface area contributed by atoms with Gasteiger partial charge in [-0.3, -0.25) is 14.9 Å². The van der Waals surface area contributed by atoms with Gasteiger partial charge in [0.25, 0.3) is 5.91 Å². The van der Waals surface area contributed by atoms with Crippen LogP contribution in [0.25, 0.3) is 0 Å². The van der Waals surface area contributed by atoms with Gasteiger partial charge in [0.05, 0.1) is 6.42 Å². The Labute approximate surface area is 113 Å². The molecule has 0 radical (unpaired) electrons. The van der Waals surface area contributed by atoms with Gasteiger partial charge in [-0.2, -0.15) is 0 Å². The summed E-state index contributed by atoms with van der Waals surface area (Å²) in [6, 6.07) is 0. The zero-order valence-electron chi connectivity index (χ0n) is 10.5. The van der Waals surface area contributed by atoms with Gasteiger partial charge < -0.3 is 9.88 Å². The maximum Gasteiger partial charge on any atom is 0.293 e. The van der Waals surface area contributed by atoms with Crippen molar-refractivity contribution in [2.24, 2.45) is 7.05 Å². The van der Waals surface area contributed by atoms with E-state index in [2.05, 4.69) is 20.6 Å². The van der Waals surface area contributed by atoms with Gasteiger partial charge in [0.15, 0.2) is 11.0 Å². The quantitative estimate of drug-likeness (QED) is 0.848. The van der Waals surface area contributed by atoms with Gasteiger partial charge in [0.1, 0.15) is 0 Å². The van der Waals surface area contributed by atoms with E-state index in [1.54, 1.807) is 37.3 Å². The van der Waals surface area contributed by atoms with Crippen LogP contribution in [0.2, 0.25) is 0 Å². The highest BCUT2D eigenvalue weighted by molar-refractivity contribution is 7.15. The van der Waals surface area contributed by atoms with Gasteiger partial charge in [0, 0.05) is 37.6 Å². The fourth-order valence-corrected chi connectivity index (χ4v) is 2.24. The molecule has 0 saturated carbocycles. The first-order chi connectivity index (χ1) is 9.10. The van der Waals surface area contributed by atoms with Crippen LogP contribution in [0.1, 0.15) is 15.5 Å². The molecule has 2 amide bonds. The van der Waals surface area contributed by atoms with Crippen molar-refractivity contribution in [3.05, 3.63) is 29.3 Å². The summed E-state index contributed by atoms with van der Waals surface area (Å²) in [4.78, 5) is 31.9. The minimum Gasteiger partial charge on any atom is -0.359 e. The highest BCUT2D eigenvalue weighted by Crippen LogP contribution is 2.19. The summed E-state index contributed by atoms with van der Waals surface area (Å²) in [6.07, 6.45) is 5.07. The molecule has 0 aliphatic rings. The number of aromatic nitrogens is 3. The molecule has 0 aliphatic carbocycles. The highest BCUT2D eigenvalue weighted by Gasteiger charge is 2.13. The van der Waals surface area contributed by atoms with Gasteiger partial charge >= 0.3 is 0 Å². The van der Waals surface area contributed by atoms with Crippen LogP contribution in [0, 0.1) is 0 Å². The van der Waals surface area contributed by atoms with Crippen LogP contribution in [0.4, 0.5) is 5.13 Å². The number of anilines is 1. The smallest absolute Gasteiger partial charge is 0.293 e. The second-order valence-electron chi connectivity index (χ2n) is 3.80. The maximum absolute atomic E-state index is 11.9.